The van der Waals surface area contributed by atoms with Crippen LogP contribution >= 0.6 is 15.9 Å². The van der Waals surface area contributed by atoms with Gasteiger partial charge in [-0.1, -0.05) is 12.8 Å². The fourth-order valence-electron chi connectivity index (χ4n) is 1.68. The van der Waals surface area contributed by atoms with Crippen molar-refractivity contribution in [1.29, 1.82) is 0 Å². The number of rotatable bonds is 4. The highest BCUT2D eigenvalue weighted by atomic mass is 79.9. The van der Waals surface area contributed by atoms with Gasteiger partial charge in [0.1, 0.15) is 5.76 Å². The molecule has 1 fully saturated rings. The third kappa shape index (κ3) is 2.83. The lowest BCUT2D eigenvalue weighted by atomic mass is 10.3. The van der Waals surface area contributed by atoms with Gasteiger partial charge in [0.15, 0.2) is 4.67 Å². The molecule has 0 aromatic carbocycles. The third-order valence-corrected chi connectivity index (χ3v) is 2.85. The van der Waals surface area contributed by atoms with Gasteiger partial charge in [0.05, 0.1) is 12.6 Å². The molecule has 0 atom stereocenters. The molecule has 3 nitrogen and oxygen atoms in total. The molecule has 1 aliphatic carbocycles. The van der Waals surface area contributed by atoms with Crippen LogP contribution in [0, 0.1) is 0 Å². The standard InChI is InChI=1S/C10H14BrNO2/c11-10-6-5-9(13-10)7-12-14-8-3-1-2-4-8/h5-6,8,12H,1-4,7H2. The van der Waals surface area contributed by atoms with Gasteiger partial charge >= 0.3 is 0 Å². The summed E-state index contributed by atoms with van der Waals surface area (Å²) in [5.74, 6) is 0.884. The average molecular weight is 260 g/mol. The number of halogens is 1. The molecule has 78 valence electrons. The number of furan rings is 1. The van der Waals surface area contributed by atoms with Crippen LogP contribution in [0.4, 0.5) is 0 Å². The third-order valence-electron chi connectivity index (χ3n) is 2.43. The first kappa shape index (κ1) is 10.2. The Morgan fingerprint density at radius 2 is 2.21 bits per heavy atom. The van der Waals surface area contributed by atoms with Crippen LogP contribution in [0.2, 0.25) is 0 Å². The van der Waals surface area contributed by atoms with Crippen molar-refractivity contribution in [3.63, 3.8) is 0 Å². The van der Waals surface area contributed by atoms with Crippen molar-refractivity contribution in [3.8, 4) is 0 Å². The highest BCUT2D eigenvalue weighted by Crippen LogP contribution is 2.20. The van der Waals surface area contributed by atoms with Gasteiger partial charge in [0.2, 0.25) is 0 Å². The molecule has 1 aliphatic rings. The number of hydrogen-bond donors (Lipinski definition) is 1. The second-order valence-electron chi connectivity index (χ2n) is 3.55. The first-order chi connectivity index (χ1) is 6.84. The molecule has 0 amide bonds. The minimum atomic E-state index is 0.397. The van der Waals surface area contributed by atoms with Crippen molar-refractivity contribution < 1.29 is 9.25 Å². The molecule has 0 bridgehead atoms. The Morgan fingerprint density at radius 1 is 1.43 bits per heavy atom. The molecule has 0 radical (unpaired) electrons. The van der Waals surface area contributed by atoms with Crippen molar-refractivity contribution >= 4 is 15.9 Å². The highest BCUT2D eigenvalue weighted by Gasteiger charge is 2.15. The second kappa shape index (κ2) is 4.96. The number of nitrogens with one attached hydrogen (secondary N) is 1. The van der Waals surface area contributed by atoms with Gasteiger partial charge in [-0.25, -0.2) is 0 Å². The molecule has 1 heterocycles. The Bertz CT molecular complexity index is 281. The summed E-state index contributed by atoms with van der Waals surface area (Å²) < 4.78 is 6.08. The lowest BCUT2D eigenvalue weighted by molar-refractivity contribution is -0.0268. The largest absolute Gasteiger partial charge is 0.453 e. The first-order valence-corrected chi connectivity index (χ1v) is 5.76. The molecule has 2 rings (SSSR count). The van der Waals surface area contributed by atoms with E-state index in [2.05, 4.69) is 21.4 Å². The molecule has 1 aromatic rings. The Balaban J connectivity index is 1.67. The van der Waals surface area contributed by atoms with Crippen molar-refractivity contribution in [2.24, 2.45) is 0 Å². The van der Waals surface area contributed by atoms with Crippen LogP contribution in [0.5, 0.6) is 0 Å². The maximum Gasteiger partial charge on any atom is 0.169 e. The maximum absolute atomic E-state index is 5.49. The van der Waals surface area contributed by atoms with Gasteiger partial charge in [-0.3, -0.25) is 4.84 Å². The molecular formula is C10H14BrNO2. The van der Waals surface area contributed by atoms with Gasteiger partial charge in [0.25, 0.3) is 0 Å². The summed E-state index contributed by atoms with van der Waals surface area (Å²) in [6, 6.07) is 3.81. The Hall–Kier alpha value is -0.320. The quantitative estimate of drug-likeness (QED) is 0.845. The lowest BCUT2D eigenvalue weighted by Gasteiger charge is -2.10. The number of hydroxylamine groups is 1. The molecule has 0 saturated heterocycles. The van der Waals surface area contributed by atoms with Crippen molar-refractivity contribution in [1.82, 2.24) is 5.48 Å². The first-order valence-electron chi connectivity index (χ1n) is 4.97. The van der Waals surface area contributed by atoms with E-state index in [0.717, 1.165) is 10.4 Å². The molecule has 14 heavy (non-hydrogen) atoms. The van der Waals surface area contributed by atoms with E-state index in [-0.39, 0.29) is 0 Å². The van der Waals surface area contributed by atoms with Crippen LogP contribution in [0.1, 0.15) is 31.4 Å². The minimum absolute atomic E-state index is 0.397. The van der Waals surface area contributed by atoms with E-state index in [9.17, 15) is 0 Å². The van der Waals surface area contributed by atoms with E-state index >= 15 is 0 Å². The molecule has 0 spiro atoms. The molecule has 0 unspecified atom stereocenters. The van der Waals surface area contributed by atoms with Gasteiger partial charge in [-0.05, 0) is 40.9 Å². The topological polar surface area (TPSA) is 34.4 Å². The van der Waals surface area contributed by atoms with E-state index in [4.69, 9.17) is 9.25 Å². The monoisotopic (exact) mass is 259 g/mol. The van der Waals surface area contributed by atoms with E-state index in [1.54, 1.807) is 0 Å². The smallest absolute Gasteiger partial charge is 0.169 e. The molecular weight excluding hydrogens is 246 g/mol. The van der Waals surface area contributed by atoms with E-state index in [1.807, 2.05) is 12.1 Å². The maximum atomic E-state index is 5.49. The number of hydrogen-bond acceptors (Lipinski definition) is 3. The zero-order valence-electron chi connectivity index (χ0n) is 7.96. The van der Waals surface area contributed by atoms with Crippen LogP contribution < -0.4 is 5.48 Å². The van der Waals surface area contributed by atoms with Crippen molar-refractivity contribution in [3.05, 3.63) is 22.6 Å². The summed E-state index contributed by atoms with van der Waals surface area (Å²) in [7, 11) is 0. The molecule has 1 N–H and O–H groups in total. The van der Waals surface area contributed by atoms with Gasteiger partial charge in [-0.2, -0.15) is 5.48 Å². The van der Waals surface area contributed by atoms with Crippen molar-refractivity contribution in [2.75, 3.05) is 0 Å². The van der Waals surface area contributed by atoms with Crippen LogP contribution in [0.3, 0.4) is 0 Å². The molecule has 0 aliphatic heterocycles. The summed E-state index contributed by atoms with van der Waals surface area (Å²) in [4.78, 5) is 5.49. The summed E-state index contributed by atoms with van der Waals surface area (Å²) in [5.41, 5.74) is 2.94. The van der Waals surface area contributed by atoms with Gasteiger partial charge in [-0.15, -0.1) is 0 Å². The minimum Gasteiger partial charge on any atom is -0.453 e. The Labute approximate surface area is 91.9 Å². The second-order valence-corrected chi connectivity index (χ2v) is 4.33. The fraction of sp³-hybridized carbons (Fsp3) is 0.600. The summed E-state index contributed by atoms with van der Waals surface area (Å²) in [5, 5.41) is 0. The van der Waals surface area contributed by atoms with Crippen LogP contribution in [0.15, 0.2) is 21.2 Å². The molecule has 4 heteroatoms. The fourth-order valence-corrected chi connectivity index (χ4v) is 2.02. The van der Waals surface area contributed by atoms with Crippen LogP contribution in [-0.4, -0.2) is 6.10 Å². The average Bonchev–Trinajstić information content (AvgIpc) is 2.77. The Morgan fingerprint density at radius 3 is 2.86 bits per heavy atom. The predicted molar refractivity (Wildman–Crippen MR) is 56.6 cm³/mol. The normalized spacial score (nSPS) is 17.8. The van der Waals surface area contributed by atoms with E-state index in [0.29, 0.717) is 12.6 Å². The zero-order chi connectivity index (χ0) is 9.80. The van der Waals surface area contributed by atoms with Crippen molar-refractivity contribution in [2.45, 2.75) is 38.3 Å². The lowest BCUT2D eigenvalue weighted by Crippen LogP contribution is -2.20. The van der Waals surface area contributed by atoms with Crippen LogP contribution in [-0.2, 0) is 11.4 Å². The Kier molecular flexibility index (Phi) is 3.61. The molecule has 1 aromatic heterocycles. The zero-order valence-corrected chi connectivity index (χ0v) is 9.55. The van der Waals surface area contributed by atoms with E-state index in [1.165, 1.54) is 25.7 Å². The van der Waals surface area contributed by atoms with Crippen LogP contribution in [0.25, 0.3) is 0 Å². The van der Waals surface area contributed by atoms with E-state index < -0.39 is 0 Å². The SMILES string of the molecule is Brc1ccc(CNOC2CCCC2)o1. The summed E-state index contributed by atoms with van der Waals surface area (Å²) in [6.45, 7) is 0.627. The summed E-state index contributed by atoms with van der Waals surface area (Å²) >= 11 is 3.26. The summed E-state index contributed by atoms with van der Waals surface area (Å²) in [6.07, 6.45) is 5.33. The highest BCUT2D eigenvalue weighted by molar-refractivity contribution is 9.10. The van der Waals surface area contributed by atoms with Gasteiger partial charge in [0, 0.05) is 0 Å². The molecule has 1 saturated carbocycles. The van der Waals surface area contributed by atoms with Gasteiger partial charge < -0.3 is 4.42 Å². The predicted octanol–water partition coefficient (Wildman–Crippen LogP) is 3.01.